The smallest absolute Gasteiger partial charge is 0.439 e. The Labute approximate surface area is 349 Å². The van der Waals surface area contributed by atoms with Crippen LogP contribution in [0.3, 0.4) is 0 Å². The number of amides is 3. The maximum Gasteiger partial charge on any atom is 0.439 e. The maximum atomic E-state index is 12.9. The van der Waals surface area contributed by atoms with E-state index in [1.54, 1.807) is 6.07 Å². The van der Waals surface area contributed by atoms with Crippen LogP contribution >= 0.6 is 0 Å². The molecule has 0 radical (unpaired) electrons. The molecule has 4 aromatic heterocycles. The van der Waals surface area contributed by atoms with Gasteiger partial charge in [0.1, 0.15) is 29.7 Å². The van der Waals surface area contributed by atoms with Gasteiger partial charge in [0.15, 0.2) is 17.3 Å². The maximum absolute atomic E-state index is 12.9. The van der Waals surface area contributed by atoms with E-state index in [0.29, 0.717) is 30.2 Å². The molecule has 20 heteroatoms. The van der Waals surface area contributed by atoms with Crippen molar-refractivity contribution in [3.8, 4) is 22.8 Å². The summed E-state index contributed by atoms with van der Waals surface area (Å²) in [6, 6.07) is 21.1. The topological polar surface area (TPSA) is 294 Å². The molecule has 20 nitrogen and oxygen atoms in total. The lowest BCUT2D eigenvalue weighted by molar-refractivity contribution is 0.0689. The summed E-state index contributed by atoms with van der Waals surface area (Å²) in [5, 5.41) is 25.0. The first-order valence-corrected chi connectivity index (χ1v) is 19.2. The molecule has 6 N–H and O–H groups in total. The van der Waals surface area contributed by atoms with Gasteiger partial charge in [0.25, 0.3) is 17.7 Å². The first-order chi connectivity index (χ1) is 30.0. The van der Waals surface area contributed by atoms with Gasteiger partial charge >= 0.3 is 17.5 Å². The monoisotopic (exact) mass is 837 g/mol. The second-order valence-corrected chi connectivity index (χ2v) is 14.4. The number of fused-ring (bicyclic) bond motifs is 2. The lowest BCUT2D eigenvalue weighted by Gasteiger charge is -2.14. The minimum Gasteiger partial charge on any atom is -0.477 e. The predicted octanol–water partition coefficient (Wildman–Crippen LogP) is 3.41. The first kappa shape index (κ1) is 40.4. The summed E-state index contributed by atoms with van der Waals surface area (Å²) in [5.41, 5.74) is 7.53. The van der Waals surface area contributed by atoms with Gasteiger partial charge in [0.05, 0.1) is 12.1 Å². The molecule has 3 aromatic carbocycles. The van der Waals surface area contributed by atoms with Gasteiger partial charge < -0.3 is 21.1 Å². The average molecular weight is 838 g/mol. The van der Waals surface area contributed by atoms with Crippen molar-refractivity contribution in [3.63, 3.8) is 0 Å². The number of aromatic nitrogens is 8. The van der Waals surface area contributed by atoms with Crippen LogP contribution in [0.15, 0.2) is 104 Å². The molecule has 0 saturated heterocycles. The zero-order valence-electron chi connectivity index (χ0n) is 32.7. The molecule has 0 saturated carbocycles. The van der Waals surface area contributed by atoms with Crippen molar-refractivity contribution in [2.24, 2.45) is 0 Å². The van der Waals surface area contributed by atoms with Crippen molar-refractivity contribution in [2.75, 3.05) is 0 Å². The fourth-order valence-corrected chi connectivity index (χ4v) is 7.30. The van der Waals surface area contributed by atoms with Crippen LogP contribution in [0.25, 0.3) is 22.8 Å². The van der Waals surface area contributed by atoms with Gasteiger partial charge in [-0.2, -0.15) is 0 Å². The molecule has 3 amide bonds. The van der Waals surface area contributed by atoms with Gasteiger partial charge in [-0.1, -0.05) is 64.4 Å². The number of rotatable bonds is 10. The summed E-state index contributed by atoms with van der Waals surface area (Å²) in [6.07, 6.45) is 5.16. The highest BCUT2D eigenvalue weighted by molar-refractivity contribution is 5.97. The molecule has 0 unspecified atom stereocenters. The van der Waals surface area contributed by atoms with E-state index >= 15 is 0 Å². The third-order valence-electron chi connectivity index (χ3n) is 10.3. The molecule has 312 valence electrons. The number of carboxylic acid groups (broad SMARTS) is 1. The average Bonchev–Trinajstić information content (AvgIpc) is 4.10. The first-order valence-electron chi connectivity index (χ1n) is 19.2. The lowest BCUT2D eigenvalue weighted by atomic mass is 10.0. The summed E-state index contributed by atoms with van der Waals surface area (Å²) in [4.78, 5) is 91.7. The Morgan fingerprint density at radius 2 is 1.16 bits per heavy atom. The van der Waals surface area contributed by atoms with Crippen LogP contribution in [0, 0.1) is 6.92 Å². The van der Waals surface area contributed by atoms with Crippen LogP contribution in [0.2, 0.25) is 0 Å². The van der Waals surface area contributed by atoms with Gasteiger partial charge in [0, 0.05) is 29.8 Å². The third kappa shape index (κ3) is 9.08. The summed E-state index contributed by atoms with van der Waals surface area (Å²) in [5.74, 6) is -2.99. The Kier molecular flexibility index (Phi) is 11.3. The Balaban J connectivity index is 0.000000176. The zero-order valence-corrected chi connectivity index (χ0v) is 32.7. The van der Waals surface area contributed by atoms with Crippen molar-refractivity contribution in [1.82, 2.24) is 56.2 Å². The van der Waals surface area contributed by atoms with Crippen molar-refractivity contribution in [3.05, 3.63) is 163 Å². The number of H-pyrrole nitrogens is 2. The number of hydrogen-bond donors (Lipinski definition) is 6. The normalized spacial score (nSPS) is 14.8. The molecule has 0 spiro atoms. The number of aromatic carboxylic acids is 1. The lowest BCUT2D eigenvalue weighted by Crippen LogP contribution is -2.29. The summed E-state index contributed by atoms with van der Waals surface area (Å²) in [6.45, 7) is 2.34. The molecule has 7 aromatic rings. The summed E-state index contributed by atoms with van der Waals surface area (Å²) < 4.78 is 9.09. The van der Waals surface area contributed by atoms with Gasteiger partial charge in [-0.25, -0.2) is 34.3 Å². The highest BCUT2D eigenvalue weighted by Crippen LogP contribution is 2.35. The number of hydrogen-bond acceptors (Lipinski definition) is 14. The van der Waals surface area contributed by atoms with E-state index in [1.807, 2.05) is 61.5 Å². The quantitative estimate of drug-likeness (QED) is 0.115. The Bertz CT molecular complexity index is 2970. The van der Waals surface area contributed by atoms with Gasteiger partial charge in [0.2, 0.25) is 0 Å². The van der Waals surface area contributed by atoms with Crippen molar-refractivity contribution >= 4 is 23.7 Å². The van der Waals surface area contributed by atoms with Crippen molar-refractivity contribution in [2.45, 2.75) is 51.2 Å². The standard InChI is InChI=1S/C25H22N6O4.C17H13N5O5/c1-14-3-2-4-15(9-14)12-26-23(32)20-11-21(28-13-27-20)24(33)29-19-8-6-16-10-17(5-7-18(16)19)22-30-25(34)35-31-22;23-15(12-6-13(16(24)25)19-7-18-12)20-11-4-2-8-5-9(1-3-10(8)11)14-21-17(26)27-22-14/h2-5,7,9-11,13,19H,6,8,12H2,1H3,(H,26,32)(H,29,33)(H,30,31,34);1,3,5-7,11H,2,4H2,(H,20,23)(H,24,25)(H,21,22,26)/t19-;11-/m00/s1. The number of carboxylic acids is 1. The van der Waals surface area contributed by atoms with E-state index in [2.05, 4.69) is 65.2 Å². The Morgan fingerprint density at radius 3 is 1.65 bits per heavy atom. The van der Waals surface area contributed by atoms with Crippen LogP contribution in [0.1, 0.15) is 100 Å². The SMILES string of the molecule is Cc1cccc(CNC(=O)c2cc(C(=O)N[C@H]3CCc4cc(-c5noc(=O)[nH]5)ccc43)ncn2)c1.O=C(O)c1cc(C(=O)N[C@H]2CCc3cc(-c4noc(=O)[nH]4)ccc32)ncn1. The van der Waals surface area contributed by atoms with Crippen LogP contribution < -0.4 is 27.5 Å². The van der Waals surface area contributed by atoms with Crippen LogP contribution in [-0.4, -0.2) is 69.0 Å². The number of carbonyl (C=O) groups is 4. The molecular formula is C42H35N11O9. The zero-order chi connectivity index (χ0) is 43.3. The third-order valence-corrected chi connectivity index (χ3v) is 10.3. The van der Waals surface area contributed by atoms with E-state index in [0.717, 1.165) is 70.6 Å². The molecule has 9 rings (SSSR count). The van der Waals surface area contributed by atoms with Crippen LogP contribution in [0.5, 0.6) is 0 Å². The Morgan fingerprint density at radius 1 is 0.661 bits per heavy atom. The molecule has 4 heterocycles. The molecule has 0 bridgehead atoms. The molecule has 2 aliphatic rings. The summed E-state index contributed by atoms with van der Waals surface area (Å²) >= 11 is 0. The minimum absolute atomic E-state index is 0.00681. The molecule has 0 aliphatic heterocycles. The minimum atomic E-state index is -1.23. The number of aryl methyl sites for hydroxylation is 3. The predicted molar refractivity (Wildman–Crippen MR) is 216 cm³/mol. The molecule has 2 atom stereocenters. The number of aromatic amines is 2. The van der Waals surface area contributed by atoms with Crippen LogP contribution in [-0.2, 0) is 19.4 Å². The van der Waals surface area contributed by atoms with Crippen molar-refractivity contribution in [1.29, 1.82) is 0 Å². The second kappa shape index (κ2) is 17.4. The van der Waals surface area contributed by atoms with E-state index in [4.69, 9.17) is 5.11 Å². The second-order valence-electron chi connectivity index (χ2n) is 14.4. The molecule has 62 heavy (non-hydrogen) atoms. The van der Waals surface area contributed by atoms with Gasteiger partial charge in [-0.05, 0) is 72.6 Å². The fraction of sp³-hybridized carbons (Fsp3) is 0.190. The number of nitrogens with one attached hydrogen (secondary N) is 5. The number of benzene rings is 3. The van der Waals surface area contributed by atoms with E-state index < -0.39 is 23.4 Å². The van der Waals surface area contributed by atoms with E-state index in [1.165, 1.54) is 12.4 Å². The van der Waals surface area contributed by atoms with E-state index in [-0.39, 0.29) is 46.7 Å². The van der Waals surface area contributed by atoms with Crippen molar-refractivity contribution < 1.29 is 33.3 Å². The fourth-order valence-electron chi connectivity index (χ4n) is 7.30. The van der Waals surface area contributed by atoms with Crippen LogP contribution in [0.4, 0.5) is 0 Å². The molecule has 0 fully saturated rings. The highest BCUT2D eigenvalue weighted by atomic mass is 16.5. The van der Waals surface area contributed by atoms with Gasteiger partial charge in [-0.3, -0.25) is 33.4 Å². The largest absolute Gasteiger partial charge is 0.477 e. The molecular weight excluding hydrogens is 803 g/mol. The Hall–Kier alpha value is -8.42. The van der Waals surface area contributed by atoms with Gasteiger partial charge in [-0.15, -0.1) is 0 Å². The number of carbonyl (C=O) groups excluding carboxylic acids is 3. The number of nitrogens with zero attached hydrogens (tertiary/aromatic N) is 6. The summed E-state index contributed by atoms with van der Waals surface area (Å²) in [7, 11) is 0. The highest BCUT2D eigenvalue weighted by Gasteiger charge is 2.27. The van der Waals surface area contributed by atoms with E-state index in [9.17, 15) is 28.8 Å². The molecule has 2 aliphatic carbocycles.